The predicted octanol–water partition coefficient (Wildman–Crippen LogP) is 4.79. The first kappa shape index (κ1) is 28.9. The van der Waals surface area contributed by atoms with Crippen LogP contribution in [-0.4, -0.2) is 50.0 Å². The molecule has 0 fully saturated rings. The minimum absolute atomic E-state index is 0.0679. The Kier molecular flexibility index (Phi) is 10.4. The molecule has 0 aliphatic rings. The molecule has 0 unspecified atom stereocenters. The lowest BCUT2D eigenvalue weighted by Crippen LogP contribution is -2.49. The van der Waals surface area contributed by atoms with Crippen molar-refractivity contribution in [2.75, 3.05) is 17.1 Å². The highest BCUT2D eigenvalue weighted by Gasteiger charge is 2.27. The van der Waals surface area contributed by atoms with Crippen molar-refractivity contribution in [3.05, 3.63) is 63.6 Å². The zero-order chi connectivity index (χ0) is 26.3. The molecular weight excluding hydrogens is 509 g/mol. The van der Waals surface area contributed by atoms with Crippen molar-refractivity contribution in [1.82, 2.24) is 10.2 Å². The van der Waals surface area contributed by atoms with Gasteiger partial charge in [-0.3, -0.25) is 13.9 Å². The number of amides is 2. The number of rotatable bonds is 11. The van der Waals surface area contributed by atoms with Crippen LogP contribution in [0.2, 0.25) is 10.0 Å². The number of nitrogens with one attached hydrogen (secondary N) is 1. The fraction of sp³-hybridized carbons (Fsp3) is 0.440. The Bertz CT molecular complexity index is 1140. The SMILES string of the molecule is Cc1c(Cl)cccc1N(CCCC(=O)N(Cc1ccc(Cl)cc1)[C@H](C)C(=O)NC(C)C)S(C)(=O)=O. The first-order valence-electron chi connectivity index (χ1n) is 11.4. The Hall–Kier alpha value is -2.29. The van der Waals surface area contributed by atoms with E-state index in [2.05, 4.69) is 5.32 Å². The number of halogens is 2. The van der Waals surface area contributed by atoms with Gasteiger partial charge in [-0.15, -0.1) is 0 Å². The molecule has 0 saturated carbocycles. The molecular formula is C25H33Cl2N3O4S. The van der Waals surface area contributed by atoms with Gasteiger partial charge in [0, 0.05) is 35.6 Å². The van der Waals surface area contributed by atoms with Crippen LogP contribution in [0.15, 0.2) is 42.5 Å². The second-order valence-corrected chi connectivity index (χ2v) is 11.6. The molecule has 2 amide bonds. The monoisotopic (exact) mass is 541 g/mol. The fourth-order valence-corrected chi connectivity index (χ4v) is 4.93. The zero-order valence-corrected chi connectivity index (χ0v) is 23.0. The van der Waals surface area contributed by atoms with E-state index in [4.69, 9.17) is 23.2 Å². The van der Waals surface area contributed by atoms with Crippen LogP contribution in [0.3, 0.4) is 0 Å². The summed E-state index contributed by atoms with van der Waals surface area (Å²) in [7, 11) is -3.60. The van der Waals surface area contributed by atoms with Crippen LogP contribution < -0.4 is 9.62 Å². The summed E-state index contributed by atoms with van der Waals surface area (Å²) >= 11 is 12.2. The third kappa shape index (κ3) is 8.40. The second kappa shape index (κ2) is 12.6. The highest BCUT2D eigenvalue weighted by molar-refractivity contribution is 7.92. The van der Waals surface area contributed by atoms with Crippen LogP contribution in [0.1, 0.15) is 44.7 Å². The molecule has 35 heavy (non-hydrogen) atoms. The largest absolute Gasteiger partial charge is 0.352 e. The van der Waals surface area contributed by atoms with E-state index in [9.17, 15) is 18.0 Å². The maximum atomic E-state index is 13.3. The van der Waals surface area contributed by atoms with Crippen LogP contribution in [0, 0.1) is 6.92 Å². The van der Waals surface area contributed by atoms with E-state index in [1.165, 1.54) is 9.21 Å². The minimum atomic E-state index is -3.60. The van der Waals surface area contributed by atoms with Crippen LogP contribution in [0.5, 0.6) is 0 Å². The number of nitrogens with zero attached hydrogens (tertiary/aromatic N) is 2. The zero-order valence-electron chi connectivity index (χ0n) is 20.7. The number of carbonyl (C=O) groups excluding carboxylic acids is 2. The van der Waals surface area contributed by atoms with Gasteiger partial charge in [-0.25, -0.2) is 8.42 Å². The number of hydrogen-bond donors (Lipinski definition) is 1. The summed E-state index contributed by atoms with van der Waals surface area (Å²) in [6.45, 7) is 7.48. The summed E-state index contributed by atoms with van der Waals surface area (Å²) in [5, 5.41) is 3.89. The summed E-state index contributed by atoms with van der Waals surface area (Å²) < 4.78 is 26.3. The summed E-state index contributed by atoms with van der Waals surface area (Å²) in [5.41, 5.74) is 1.96. The standard InChI is InChI=1S/C25H33Cl2N3O4S/c1-17(2)28-25(32)19(4)29(16-20-11-13-21(26)14-12-20)24(31)10-7-15-30(35(5,33)34)23-9-6-8-22(27)18(23)3/h6,8-9,11-14,17,19H,7,10,15-16H2,1-5H3,(H,28,32)/t19-/m1/s1. The Labute approximate surface area is 218 Å². The quantitative estimate of drug-likeness (QED) is 0.443. The average Bonchev–Trinajstić information content (AvgIpc) is 2.76. The molecule has 0 saturated heterocycles. The fourth-order valence-electron chi connectivity index (χ4n) is 3.62. The molecule has 0 aliphatic heterocycles. The molecule has 192 valence electrons. The van der Waals surface area contributed by atoms with Gasteiger partial charge in [0.1, 0.15) is 6.04 Å². The number of sulfonamides is 1. The number of carbonyl (C=O) groups is 2. The molecule has 0 aromatic heterocycles. The maximum absolute atomic E-state index is 13.3. The minimum Gasteiger partial charge on any atom is -0.352 e. The number of benzene rings is 2. The predicted molar refractivity (Wildman–Crippen MR) is 142 cm³/mol. The van der Waals surface area contributed by atoms with Crippen LogP contribution in [0.4, 0.5) is 5.69 Å². The number of hydrogen-bond acceptors (Lipinski definition) is 4. The summed E-state index contributed by atoms with van der Waals surface area (Å²) in [5.74, 6) is -0.503. The normalized spacial score (nSPS) is 12.3. The molecule has 0 radical (unpaired) electrons. The number of anilines is 1. The molecule has 2 aromatic carbocycles. The first-order chi connectivity index (χ1) is 16.3. The maximum Gasteiger partial charge on any atom is 0.242 e. The smallest absolute Gasteiger partial charge is 0.242 e. The lowest BCUT2D eigenvalue weighted by molar-refractivity contribution is -0.140. The van der Waals surface area contributed by atoms with Crippen LogP contribution in [0.25, 0.3) is 0 Å². The lowest BCUT2D eigenvalue weighted by Gasteiger charge is -2.30. The van der Waals surface area contributed by atoms with Crippen molar-refractivity contribution in [3.63, 3.8) is 0 Å². The third-order valence-corrected chi connectivity index (χ3v) is 7.37. The highest BCUT2D eigenvalue weighted by atomic mass is 35.5. The van der Waals surface area contributed by atoms with Crippen molar-refractivity contribution >= 4 is 50.7 Å². The van der Waals surface area contributed by atoms with E-state index >= 15 is 0 Å². The average molecular weight is 543 g/mol. The summed E-state index contributed by atoms with van der Waals surface area (Å²) in [4.78, 5) is 27.5. The molecule has 1 N–H and O–H groups in total. The van der Waals surface area contributed by atoms with Gasteiger partial charge in [0.05, 0.1) is 11.9 Å². The van der Waals surface area contributed by atoms with E-state index in [1.54, 1.807) is 44.2 Å². The molecule has 0 bridgehead atoms. The van der Waals surface area contributed by atoms with Crippen molar-refractivity contribution in [2.24, 2.45) is 0 Å². The Morgan fingerprint density at radius 2 is 1.66 bits per heavy atom. The van der Waals surface area contributed by atoms with E-state index in [1.807, 2.05) is 26.0 Å². The van der Waals surface area contributed by atoms with Gasteiger partial charge in [0.25, 0.3) is 0 Å². The van der Waals surface area contributed by atoms with Gasteiger partial charge in [-0.1, -0.05) is 41.4 Å². The van der Waals surface area contributed by atoms with Crippen LogP contribution >= 0.6 is 23.2 Å². The molecule has 7 nitrogen and oxygen atoms in total. The van der Waals surface area contributed by atoms with Crippen molar-refractivity contribution in [2.45, 2.75) is 59.2 Å². The Balaban J connectivity index is 2.20. The Morgan fingerprint density at radius 3 is 2.23 bits per heavy atom. The molecule has 1 atom stereocenters. The first-order valence-corrected chi connectivity index (χ1v) is 14.0. The van der Waals surface area contributed by atoms with Crippen molar-refractivity contribution in [3.8, 4) is 0 Å². The van der Waals surface area contributed by atoms with E-state index in [0.717, 1.165) is 11.8 Å². The van der Waals surface area contributed by atoms with Gasteiger partial charge in [0.2, 0.25) is 21.8 Å². The summed E-state index contributed by atoms with van der Waals surface area (Å²) in [6, 6.07) is 11.4. The van der Waals surface area contributed by atoms with Crippen molar-refractivity contribution in [1.29, 1.82) is 0 Å². The van der Waals surface area contributed by atoms with Gasteiger partial charge >= 0.3 is 0 Å². The van der Waals surface area contributed by atoms with Gasteiger partial charge < -0.3 is 10.2 Å². The molecule has 0 aliphatic carbocycles. The van der Waals surface area contributed by atoms with E-state index < -0.39 is 16.1 Å². The van der Waals surface area contributed by atoms with Crippen molar-refractivity contribution < 1.29 is 18.0 Å². The van der Waals surface area contributed by atoms with Gasteiger partial charge in [-0.05, 0) is 69.5 Å². The molecule has 10 heteroatoms. The molecule has 0 heterocycles. The van der Waals surface area contributed by atoms with Crippen LogP contribution in [-0.2, 0) is 26.2 Å². The molecule has 0 spiro atoms. The molecule has 2 rings (SSSR count). The van der Waals surface area contributed by atoms with E-state index in [0.29, 0.717) is 21.3 Å². The second-order valence-electron chi connectivity index (χ2n) is 8.81. The summed E-state index contributed by atoms with van der Waals surface area (Å²) in [6.07, 6.45) is 1.46. The topological polar surface area (TPSA) is 86.8 Å². The Morgan fingerprint density at radius 1 is 1.03 bits per heavy atom. The van der Waals surface area contributed by atoms with E-state index in [-0.39, 0.29) is 43.8 Å². The van der Waals surface area contributed by atoms with Gasteiger partial charge in [0.15, 0.2) is 0 Å². The van der Waals surface area contributed by atoms with Gasteiger partial charge in [-0.2, -0.15) is 0 Å². The third-order valence-electron chi connectivity index (χ3n) is 5.52. The highest BCUT2D eigenvalue weighted by Crippen LogP contribution is 2.28. The lowest BCUT2D eigenvalue weighted by atomic mass is 10.1. The molecule has 2 aromatic rings.